The van der Waals surface area contributed by atoms with E-state index in [2.05, 4.69) is 17.0 Å². The molecule has 1 aliphatic rings. The van der Waals surface area contributed by atoms with Crippen molar-refractivity contribution in [3.8, 4) is 5.69 Å². The molecule has 25 heavy (non-hydrogen) atoms. The maximum Gasteiger partial charge on any atom is 0.254 e. The number of carbonyl (C=O) groups is 1. The van der Waals surface area contributed by atoms with Gasteiger partial charge in [-0.2, -0.15) is 5.10 Å². The third-order valence-electron chi connectivity index (χ3n) is 4.23. The topological polar surface area (TPSA) is 56.1 Å². The van der Waals surface area contributed by atoms with E-state index < -0.39 is 0 Å². The van der Waals surface area contributed by atoms with Crippen LogP contribution in [0.4, 0.5) is 0 Å². The largest absolute Gasteiger partial charge is 0.374 e. The maximum absolute atomic E-state index is 12.4. The molecule has 3 rings (SSSR count). The number of ether oxygens (including phenoxy) is 1. The van der Waals surface area contributed by atoms with Crippen molar-refractivity contribution in [2.24, 2.45) is 5.92 Å². The Balaban J connectivity index is 1.66. The van der Waals surface area contributed by atoms with E-state index in [1.807, 2.05) is 6.92 Å². The fourth-order valence-electron chi connectivity index (χ4n) is 2.95. The minimum absolute atomic E-state index is 0.0101. The fraction of sp³-hybridized carbons (Fsp3) is 0.333. The van der Waals surface area contributed by atoms with E-state index in [0.717, 1.165) is 12.0 Å². The SMILES string of the molecule is C=C(C)C1OCCC1CNC(=O)c1cnn(-c2ccc(Cl)cc2Cl)c1. The Labute approximate surface area is 156 Å². The lowest BCUT2D eigenvalue weighted by Gasteiger charge is -2.18. The van der Waals surface area contributed by atoms with Gasteiger partial charge in [-0.05, 0) is 31.5 Å². The van der Waals surface area contributed by atoms with Crippen molar-refractivity contribution < 1.29 is 9.53 Å². The number of nitrogens with one attached hydrogen (secondary N) is 1. The summed E-state index contributed by atoms with van der Waals surface area (Å²) >= 11 is 12.1. The summed E-state index contributed by atoms with van der Waals surface area (Å²) in [6.07, 6.45) is 4.08. The number of hydrogen-bond acceptors (Lipinski definition) is 3. The summed E-state index contributed by atoms with van der Waals surface area (Å²) in [5.74, 6) is 0.0749. The monoisotopic (exact) mass is 379 g/mol. The third kappa shape index (κ3) is 4.06. The van der Waals surface area contributed by atoms with Crippen LogP contribution >= 0.6 is 23.2 Å². The molecule has 0 spiro atoms. The van der Waals surface area contributed by atoms with Gasteiger partial charge >= 0.3 is 0 Å². The summed E-state index contributed by atoms with van der Waals surface area (Å²) in [6, 6.07) is 5.12. The van der Waals surface area contributed by atoms with E-state index in [-0.39, 0.29) is 17.9 Å². The summed E-state index contributed by atoms with van der Waals surface area (Å²) < 4.78 is 7.22. The van der Waals surface area contributed by atoms with Crippen molar-refractivity contribution in [2.75, 3.05) is 13.2 Å². The second-order valence-corrected chi connectivity index (χ2v) is 7.01. The average molecular weight is 380 g/mol. The minimum Gasteiger partial charge on any atom is -0.374 e. The van der Waals surface area contributed by atoms with Crippen LogP contribution < -0.4 is 5.32 Å². The van der Waals surface area contributed by atoms with Crippen LogP contribution in [-0.4, -0.2) is 34.9 Å². The Kier molecular flexibility index (Phi) is 5.47. The van der Waals surface area contributed by atoms with E-state index in [1.165, 1.54) is 6.20 Å². The first kappa shape index (κ1) is 18.0. The summed E-state index contributed by atoms with van der Waals surface area (Å²) in [5, 5.41) is 8.17. The molecular formula is C18H19Cl2N3O2. The van der Waals surface area contributed by atoms with Gasteiger partial charge in [-0.25, -0.2) is 4.68 Å². The van der Waals surface area contributed by atoms with Gasteiger partial charge in [0.15, 0.2) is 0 Å². The van der Waals surface area contributed by atoms with E-state index in [0.29, 0.717) is 34.4 Å². The van der Waals surface area contributed by atoms with Gasteiger partial charge < -0.3 is 10.1 Å². The average Bonchev–Trinajstić information content (AvgIpc) is 3.22. The number of benzene rings is 1. The number of amides is 1. The van der Waals surface area contributed by atoms with E-state index in [1.54, 1.807) is 29.1 Å². The van der Waals surface area contributed by atoms with Gasteiger partial charge in [-0.1, -0.05) is 35.4 Å². The highest BCUT2D eigenvalue weighted by atomic mass is 35.5. The van der Waals surface area contributed by atoms with Crippen LogP contribution in [0.2, 0.25) is 10.0 Å². The molecule has 1 aromatic heterocycles. The zero-order valence-corrected chi connectivity index (χ0v) is 15.3. The van der Waals surface area contributed by atoms with Crippen molar-refractivity contribution in [2.45, 2.75) is 19.4 Å². The molecule has 132 valence electrons. The highest BCUT2D eigenvalue weighted by Gasteiger charge is 2.29. The van der Waals surface area contributed by atoms with Gasteiger partial charge in [-0.15, -0.1) is 0 Å². The van der Waals surface area contributed by atoms with Crippen molar-refractivity contribution in [1.29, 1.82) is 0 Å². The predicted molar refractivity (Wildman–Crippen MR) is 98.6 cm³/mol. The molecule has 1 amide bonds. The summed E-state index contributed by atoms with van der Waals surface area (Å²) in [5.41, 5.74) is 2.12. The Bertz CT molecular complexity index is 803. The standard InChI is InChI=1S/C18H19Cl2N3O2/c1-11(2)17-12(5-6-25-17)8-21-18(24)13-9-22-23(10-13)16-4-3-14(19)7-15(16)20/h3-4,7,9-10,12,17H,1,5-6,8H2,2H3,(H,21,24). The number of rotatable bonds is 5. The molecule has 2 atom stereocenters. The number of carbonyl (C=O) groups excluding carboxylic acids is 1. The molecule has 2 aromatic rings. The lowest BCUT2D eigenvalue weighted by atomic mass is 9.97. The van der Waals surface area contributed by atoms with Crippen LogP contribution in [-0.2, 0) is 4.74 Å². The van der Waals surface area contributed by atoms with Crippen molar-refractivity contribution in [3.05, 3.63) is 58.4 Å². The molecule has 1 saturated heterocycles. The Hall–Kier alpha value is -1.82. The minimum atomic E-state index is -0.177. The maximum atomic E-state index is 12.4. The first-order valence-electron chi connectivity index (χ1n) is 8.01. The normalized spacial score (nSPS) is 19.8. The van der Waals surface area contributed by atoms with Gasteiger partial charge in [0.05, 0.1) is 28.6 Å². The van der Waals surface area contributed by atoms with Gasteiger partial charge in [0.1, 0.15) is 0 Å². The second kappa shape index (κ2) is 7.60. The zero-order valence-electron chi connectivity index (χ0n) is 13.8. The summed E-state index contributed by atoms with van der Waals surface area (Å²) in [7, 11) is 0. The molecular weight excluding hydrogens is 361 g/mol. The highest BCUT2D eigenvalue weighted by Crippen LogP contribution is 2.26. The van der Waals surface area contributed by atoms with Crippen LogP contribution in [0.25, 0.3) is 5.69 Å². The summed E-state index contributed by atoms with van der Waals surface area (Å²) in [4.78, 5) is 12.4. The van der Waals surface area contributed by atoms with Gasteiger partial charge in [0.2, 0.25) is 0 Å². The van der Waals surface area contributed by atoms with Crippen LogP contribution in [0.5, 0.6) is 0 Å². The zero-order chi connectivity index (χ0) is 18.0. The molecule has 0 bridgehead atoms. The van der Waals surface area contributed by atoms with Gasteiger partial charge in [-0.3, -0.25) is 4.79 Å². The molecule has 2 unspecified atom stereocenters. The van der Waals surface area contributed by atoms with Crippen LogP contribution in [0.15, 0.2) is 42.7 Å². The smallest absolute Gasteiger partial charge is 0.254 e. The van der Waals surface area contributed by atoms with Crippen molar-refractivity contribution in [1.82, 2.24) is 15.1 Å². The number of aromatic nitrogens is 2. The van der Waals surface area contributed by atoms with E-state index >= 15 is 0 Å². The summed E-state index contributed by atoms with van der Waals surface area (Å²) in [6.45, 7) is 7.14. The first-order chi connectivity index (χ1) is 12.0. The lowest BCUT2D eigenvalue weighted by molar-refractivity contribution is 0.0926. The third-order valence-corrected chi connectivity index (χ3v) is 4.76. The van der Waals surface area contributed by atoms with Crippen LogP contribution in [0, 0.1) is 5.92 Å². The molecule has 5 nitrogen and oxygen atoms in total. The quantitative estimate of drug-likeness (QED) is 0.801. The molecule has 0 saturated carbocycles. The van der Waals surface area contributed by atoms with E-state index in [9.17, 15) is 4.79 Å². The first-order valence-corrected chi connectivity index (χ1v) is 8.76. The molecule has 1 aromatic carbocycles. The number of nitrogens with zero attached hydrogens (tertiary/aromatic N) is 2. The van der Waals surface area contributed by atoms with Crippen molar-refractivity contribution in [3.63, 3.8) is 0 Å². The van der Waals surface area contributed by atoms with Gasteiger partial charge in [0, 0.05) is 30.3 Å². The molecule has 0 aliphatic carbocycles. The Morgan fingerprint density at radius 2 is 2.28 bits per heavy atom. The number of halogens is 2. The Morgan fingerprint density at radius 1 is 1.48 bits per heavy atom. The molecule has 1 aliphatic heterocycles. The van der Waals surface area contributed by atoms with Crippen LogP contribution in [0.1, 0.15) is 23.7 Å². The fourth-order valence-corrected chi connectivity index (χ4v) is 3.45. The molecule has 2 heterocycles. The second-order valence-electron chi connectivity index (χ2n) is 6.17. The van der Waals surface area contributed by atoms with Crippen LogP contribution in [0.3, 0.4) is 0 Å². The predicted octanol–water partition coefficient (Wildman–Crippen LogP) is 3.89. The molecule has 0 radical (unpaired) electrons. The Morgan fingerprint density at radius 3 is 3.00 bits per heavy atom. The molecule has 1 fully saturated rings. The lowest BCUT2D eigenvalue weighted by Crippen LogP contribution is -2.33. The molecule has 7 heteroatoms. The highest BCUT2D eigenvalue weighted by molar-refractivity contribution is 6.35. The van der Waals surface area contributed by atoms with Gasteiger partial charge in [0.25, 0.3) is 5.91 Å². The van der Waals surface area contributed by atoms with Crippen molar-refractivity contribution >= 4 is 29.1 Å². The number of hydrogen-bond donors (Lipinski definition) is 1. The van der Waals surface area contributed by atoms with E-state index in [4.69, 9.17) is 27.9 Å². The molecule has 1 N–H and O–H groups in total.